The van der Waals surface area contributed by atoms with E-state index in [1.807, 2.05) is 19.9 Å². The minimum atomic E-state index is 0.944. The second-order valence-corrected chi connectivity index (χ2v) is 6.04. The van der Waals surface area contributed by atoms with E-state index in [1.54, 1.807) is 0 Å². The van der Waals surface area contributed by atoms with Crippen LogP contribution in [-0.4, -0.2) is 0 Å². The van der Waals surface area contributed by atoms with Gasteiger partial charge in [-0.25, -0.2) is 0 Å². The molecule has 0 heterocycles. The Morgan fingerprint density at radius 3 is 2.12 bits per heavy atom. The fourth-order valence-electron chi connectivity index (χ4n) is 2.94. The molecule has 0 aromatic heterocycles. The van der Waals surface area contributed by atoms with Crippen molar-refractivity contribution in [2.45, 2.75) is 54.4 Å². The highest BCUT2D eigenvalue weighted by Crippen LogP contribution is 2.26. The maximum Gasteiger partial charge on any atom is -0.00197 e. The van der Waals surface area contributed by atoms with Crippen molar-refractivity contribution in [3.05, 3.63) is 88.5 Å². The normalized spacial score (nSPS) is 10.8. The zero-order chi connectivity index (χ0) is 18.1. The average Bonchev–Trinajstić information content (AvgIpc) is 2.58. The molecule has 0 fully saturated rings. The molecule has 0 nitrogen and oxygen atoms in total. The minimum Gasteiger partial charge on any atom is -0.0991 e. The fraction of sp³-hybridized carbons (Fsp3) is 0.333. The van der Waals surface area contributed by atoms with Crippen molar-refractivity contribution in [2.24, 2.45) is 0 Å². The van der Waals surface area contributed by atoms with Crippen LogP contribution in [0, 0.1) is 20.8 Å². The lowest BCUT2D eigenvalue weighted by atomic mass is 9.90. The standard InChI is InChI=1S/C22H26.C2H6/c1-6-8-21(14-19-11-9-16(3)10-12-19)22-15-20(7-2)17(4)13-18(22)5;1-2/h6,8-13,15H,1,7,14H2,2-5H3;1-2H3/b21-8-;. The number of allylic oxidation sites excluding steroid dienone is 3. The molecule has 0 saturated heterocycles. The van der Waals surface area contributed by atoms with Crippen molar-refractivity contribution in [1.29, 1.82) is 0 Å². The smallest absolute Gasteiger partial charge is 0.00197 e. The van der Waals surface area contributed by atoms with Gasteiger partial charge in [0.1, 0.15) is 0 Å². The van der Waals surface area contributed by atoms with Gasteiger partial charge in [-0.05, 0) is 67.0 Å². The summed E-state index contributed by atoms with van der Waals surface area (Å²) in [5.74, 6) is 0. The van der Waals surface area contributed by atoms with Crippen molar-refractivity contribution in [2.75, 3.05) is 0 Å². The molecular weight excluding hydrogens is 288 g/mol. The summed E-state index contributed by atoms with van der Waals surface area (Å²) in [6.07, 6.45) is 6.07. The Hall–Kier alpha value is -2.08. The third-order valence-corrected chi connectivity index (χ3v) is 4.24. The zero-order valence-corrected chi connectivity index (χ0v) is 16.2. The van der Waals surface area contributed by atoms with Gasteiger partial charge >= 0.3 is 0 Å². The lowest BCUT2D eigenvalue weighted by molar-refractivity contribution is 1.09. The summed E-state index contributed by atoms with van der Waals surface area (Å²) in [6.45, 7) is 16.6. The summed E-state index contributed by atoms with van der Waals surface area (Å²) in [6, 6.07) is 13.5. The van der Waals surface area contributed by atoms with Gasteiger partial charge in [0.25, 0.3) is 0 Å². The highest BCUT2D eigenvalue weighted by Gasteiger charge is 2.09. The van der Waals surface area contributed by atoms with Crippen molar-refractivity contribution in [1.82, 2.24) is 0 Å². The molecule has 0 aliphatic carbocycles. The number of hydrogen-bond acceptors (Lipinski definition) is 0. The molecule has 0 heteroatoms. The largest absolute Gasteiger partial charge is 0.0991 e. The third-order valence-electron chi connectivity index (χ3n) is 4.24. The Balaban J connectivity index is 0.00000139. The number of hydrogen-bond donors (Lipinski definition) is 0. The van der Waals surface area contributed by atoms with Gasteiger partial charge in [-0.3, -0.25) is 0 Å². The van der Waals surface area contributed by atoms with Gasteiger partial charge in [0.05, 0.1) is 0 Å². The Labute approximate surface area is 148 Å². The first kappa shape index (κ1) is 20.0. The first-order chi connectivity index (χ1) is 11.5. The van der Waals surface area contributed by atoms with E-state index in [0.717, 1.165) is 12.8 Å². The fourth-order valence-corrected chi connectivity index (χ4v) is 2.94. The molecule has 0 aliphatic heterocycles. The summed E-state index contributed by atoms with van der Waals surface area (Å²) in [4.78, 5) is 0. The van der Waals surface area contributed by atoms with Gasteiger partial charge < -0.3 is 0 Å². The van der Waals surface area contributed by atoms with E-state index < -0.39 is 0 Å². The van der Waals surface area contributed by atoms with E-state index in [4.69, 9.17) is 0 Å². The molecule has 2 aromatic carbocycles. The zero-order valence-electron chi connectivity index (χ0n) is 16.2. The quantitative estimate of drug-likeness (QED) is 0.520. The Morgan fingerprint density at radius 2 is 1.58 bits per heavy atom. The molecule has 2 aromatic rings. The van der Waals surface area contributed by atoms with Crippen molar-refractivity contribution < 1.29 is 0 Å². The maximum absolute atomic E-state index is 3.90. The van der Waals surface area contributed by atoms with Crippen LogP contribution in [0.25, 0.3) is 5.57 Å². The summed E-state index contributed by atoms with van der Waals surface area (Å²) in [5, 5.41) is 0. The summed E-state index contributed by atoms with van der Waals surface area (Å²) in [7, 11) is 0. The molecular formula is C24H32. The molecule has 0 bridgehead atoms. The van der Waals surface area contributed by atoms with Crippen LogP contribution in [0.5, 0.6) is 0 Å². The van der Waals surface area contributed by atoms with Gasteiger partial charge in [-0.1, -0.05) is 81.5 Å². The first-order valence-corrected chi connectivity index (χ1v) is 9.02. The van der Waals surface area contributed by atoms with Crippen molar-refractivity contribution in [3.63, 3.8) is 0 Å². The number of benzene rings is 2. The lowest BCUT2D eigenvalue weighted by Gasteiger charge is -2.15. The second kappa shape index (κ2) is 9.93. The van der Waals surface area contributed by atoms with Crippen LogP contribution in [0.2, 0.25) is 0 Å². The summed E-state index contributed by atoms with van der Waals surface area (Å²) >= 11 is 0. The molecule has 0 saturated carbocycles. The van der Waals surface area contributed by atoms with Crippen LogP contribution in [0.3, 0.4) is 0 Å². The van der Waals surface area contributed by atoms with Gasteiger partial charge in [0, 0.05) is 0 Å². The molecule has 0 spiro atoms. The topological polar surface area (TPSA) is 0 Å². The van der Waals surface area contributed by atoms with E-state index in [9.17, 15) is 0 Å². The highest BCUT2D eigenvalue weighted by molar-refractivity contribution is 5.72. The predicted octanol–water partition coefficient (Wildman–Crippen LogP) is 7.01. The molecule has 0 unspecified atom stereocenters. The van der Waals surface area contributed by atoms with Crippen LogP contribution in [0.4, 0.5) is 0 Å². The van der Waals surface area contributed by atoms with Gasteiger partial charge in [-0.15, -0.1) is 0 Å². The molecule has 0 amide bonds. The van der Waals surface area contributed by atoms with Crippen molar-refractivity contribution in [3.8, 4) is 0 Å². The number of rotatable bonds is 5. The molecule has 24 heavy (non-hydrogen) atoms. The molecule has 0 aliphatic rings. The highest BCUT2D eigenvalue weighted by atomic mass is 14.1. The maximum atomic E-state index is 3.90. The number of aryl methyl sites for hydroxylation is 4. The van der Waals surface area contributed by atoms with E-state index in [-0.39, 0.29) is 0 Å². The lowest BCUT2D eigenvalue weighted by Crippen LogP contribution is -1.98. The molecule has 0 N–H and O–H groups in total. The van der Waals surface area contributed by atoms with E-state index in [2.05, 4.69) is 76.7 Å². The van der Waals surface area contributed by atoms with E-state index in [0.29, 0.717) is 0 Å². The van der Waals surface area contributed by atoms with Gasteiger partial charge in [-0.2, -0.15) is 0 Å². The van der Waals surface area contributed by atoms with Gasteiger partial charge in [0.15, 0.2) is 0 Å². The predicted molar refractivity (Wildman–Crippen MR) is 110 cm³/mol. The minimum absolute atomic E-state index is 0.944. The second-order valence-electron chi connectivity index (χ2n) is 6.04. The molecule has 128 valence electrons. The summed E-state index contributed by atoms with van der Waals surface area (Å²) < 4.78 is 0. The van der Waals surface area contributed by atoms with Crippen LogP contribution in [0.1, 0.15) is 54.2 Å². The summed E-state index contributed by atoms with van der Waals surface area (Å²) in [5.41, 5.74) is 9.50. The Kier molecular flexibility index (Phi) is 8.26. The SMILES string of the molecule is C=C/C=C(/Cc1ccc(C)cc1)c1cc(CC)c(C)cc1C.CC. The molecule has 0 atom stereocenters. The average molecular weight is 321 g/mol. The molecule has 0 radical (unpaired) electrons. The van der Waals surface area contributed by atoms with Crippen LogP contribution in [0.15, 0.2) is 55.1 Å². The van der Waals surface area contributed by atoms with Gasteiger partial charge in [0.2, 0.25) is 0 Å². The Bertz CT molecular complexity index is 685. The Morgan fingerprint density at radius 1 is 0.958 bits per heavy atom. The van der Waals surface area contributed by atoms with Crippen molar-refractivity contribution >= 4 is 5.57 Å². The van der Waals surface area contributed by atoms with Crippen LogP contribution < -0.4 is 0 Å². The van der Waals surface area contributed by atoms with Crippen LogP contribution >= 0.6 is 0 Å². The van der Waals surface area contributed by atoms with E-state index in [1.165, 1.54) is 39.0 Å². The monoisotopic (exact) mass is 320 g/mol. The first-order valence-electron chi connectivity index (χ1n) is 9.02. The van der Waals surface area contributed by atoms with Crippen LogP contribution in [-0.2, 0) is 12.8 Å². The van der Waals surface area contributed by atoms with E-state index >= 15 is 0 Å². The molecule has 2 rings (SSSR count). The third kappa shape index (κ3) is 5.23.